The molecule has 0 unspecified atom stereocenters. The first-order valence-electron chi connectivity index (χ1n) is 4.06. The van der Waals surface area contributed by atoms with Gasteiger partial charge in [0.15, 0.2) is 0 Å². The van der Waals surface area contributed by atoms with Crippen LogP contribution >= 0.6 is 11.6 Å². The summed E-state index contributed by atoms with van der Waals surface area (Å²) >= 11 is 5.29. The van der Waals surface area contributed by atoms with E-state index in [0.29, 0.717) is 5.56 Å². The molecule has 0 bridgehead atoms. The standard InChI is InChI=1S/C10H7ClN2O/c11-10(14)8-3-4-9(12-7-8)13-5-1-2-6-13/h1-7H. The highest BCUT2D eigenvalue weighted by molar-refractivity contribution is 6.67. The Kier molecular flexibility index (Phi) is 2.33. The lowest BCUT2D eigenvalue weighted by atomic mass is 10.3. The van der Waals surface area contributed by atoms with Gasteiger partial charge in [-0.25, -0.2) is 4.98 Å². The number of halogens is 1. The monoisotopic (exact) mass is 206 g/mol. The fourth-order valence-electron chi connectivity index (χ4n) is 1.14. The normalized spacial score (nSPS) is 10.1. The molecule has 2 heterocycles. The molecule has 0 saturated carbocycles. The van der Waals surface area contributed by atoms with Crippen molar-refractivity contribution in [2.24, 2.45) is 0 Å². The van der Waals surface area contributed by atoms with Crippen LogP contribution in [0, 0.1) is 0 Å². The second kappa shape index (κ2) is 3.64. The summed E-state index contributed by atoms with van der Waals surface area (Å²) in [4.78, 5) is 14.9. The molecule has 0 aromatic carbocycles. The average Bonchev–Trinajstić information content (AvgIpc) is 2.71. The molecule has 3 nitrogen and oxygen atoms in total. The number of aromatic nitrogens is 2. The fraction of sp³-hybridized carbons (Fsp3) is 0. The van der Waals surface area contributed by atoms with Gasteiger partial charge in [-0.05, 0) is 35.9 Å². The summed E-state index contributed by atoms with van der Waals surface area (Å²) in [5, 5.41) is -0.489. The van der Waals surface area contributed by atoms with E-state index in [-0.39, 0.29) is 0 Å². The number of carbonyl (C=O) groups is 1. The number of pyridine rings is 1. The van der Waals surface area contributed by atoms with Crippen molar-refractivity contribution >= 4 is 16.8 Å². The van der Waals surface area contributed by atoms with E-state index in [1.807, 2.05) is 29.1 Å². The summed E-state index contributed by atoms with van der Waals surface area (Å²) in [7, 11) is 0. The predicted octanol–water partition coefficient (Wildman–Crippen LogP) is 2.25. The molecule has 2 aromatic heterocycles. The van der Waals surface area contributed by atoms with E-state index in [9.17, 15) is 4.79 Å². The van der Waals surface area contributed by atoms with Crippen molar-refractivity contribution < 1.29 is 4.79 Å². The van der Waals surface area contributed by atoms with Gasteiger partial charge in [0.1, 0.15) is 5.82 Å². The Hall–Kier alpha value is -1.61. The van der Waals surface area contributed by atoms with Crippen LogP contribution in [-0.2, 0) is 0 Å². The topological polar surface area (TPSA) is 34.9 Å². The number of nitrogens with zero attached hydrogens (tertiary/aromatic N) is 2. The summed E-state index contributed by atoms with van der Waals surface area (Å²) < 4.78 is 1.85. The van der Waals surface area contributed by atoms with E-state index in [1.165, 1.54) is 6.20 Å². The molecule has 0 spiro atoms. The van der Waals surface area contributed by atoms with Crippen molar-refractivity contribution in [1.82, 2.24) is 9.55 Å². The molecular weight excluding hydrogens is 200 g/mol. The first-order valence-corrected chi connectivity index (χ1v) is 4.44. The molecule has 14 heavy (non-hydrogen) atoms. The van der Waals surface area contributed by atoms with E-state index >= 15 is 0 Å². The van der Waals surface area contributed by atoms with E-state index in [0.717, 1.165) is 5.82 Å². The predicted molar refractivity (Wildman–Crippen MR) is 53.7 cm³/mol. The second-order valence-corrected chi connectivity index (χ2v) is 3.11. The molecule has 2 rings (SSSR count). The van der Waals surface area contributed by atoms with Crippen LogP contribution in [0.15, 0.2) is 42.9 Å². The molecule has 2 aromatic rings. The number of carbonyl (C=O) groups excluding carboxylic acids is 1. The highest BCUT2D eigenvalue weighted by Gasteiger charge is 2.02. The van der Waals surface area contributed by atoms with Crippen LogP contribution in [0.1, 0.15) is 10.4 Å². The van der Waals surface area contributed by atoms with Gasteiger partial charge in [-0.1, -0.05) is 0 Å². The minimum absolute atomic E-state index is 0.405. The minimum atomic E-state index is -0.489. The lowest BCUT2D eigenvalue weighted by Gasteiger charge is -2.00. The van der Waals surface area contributed by atoms with Crippen LogP contribution in [0.25, 0.3) is 5.82 Å². The van der Waals surface area contributed by atoms with Gasteiger partial charge >= 0.3 is 0 Å². The molecule has 0 saturated heterocycles. The summed E-state index contributed by atoms with van der Waals surface area (Å²) in [6, 6.07) is 7.21. The van der Waals surface area contributed by atoms with Crippen molar-refractivity contribution in [2.45, 2.75) is 0 Å². The largest absolute Gasteiger partial charge is 0.309 e. The zero-order valence-electron chi connectivity index (χ0n) is 7.22. The van der Waals surface area contributed by atoms with Gasteiger partial charge in [-0.2, -0.15) is 0 Å². The summed E-state index contributed by atoms with van der Waals surface area (Å²) in [6.07, 6.45) is 5.22. The quantitative estimate of drug-likeness (QED) is 0.707. The van der Waals surface area contributed by atoms with Gasteiger partial charge in [0.25, 0.3) is 5.24 Å². The summed E-state index contributed by atoms with van der Waals surface area (Å²) in [5.74, 6) is 0.761. The summed E-state index contributed by atoms with van der Waals surface area (Å²) in [6.45, 7) is 0. The van der Waals surface area contributed by atoms with Gasteiger partial charge in [-0.15, -0.1) is 0 Å². The third-order valence-corrected chi connectivity index (χ3v) is 2.06. The molecule has 0 aliphatic rings. The Bertz CT molecular complexity index is 434. The third kappa shape index (κ3) is 1.67. The van der Waals surface area contributed by atoms with Gasteiger partial charge in [0.2, 0.25) is 0 Å². The number of rotatable bonds is 2. The molecule has 0 N–H and O–H groups in total. The molecule has 0 fully saturated rings. The molecule has 0 aliphatic heterocycles. The minimum Gasteiger partial charge on any atom is -0.309 e. The van der Waals surface area contributed by atoms with Gasteiger partial charge in [0, 0.05) is 18.6 Å². The zero-order valence-corrected chi connectivity index (χ0v) is 7.98. The van der Waals surface area contributed by atoms with Crippen molar-refractivity contribution in [2.75, 3.05) is 0 Å². The van der Waals surface area contributed by atoms with Crippen LogP contribution in [0.4, 0.5) is 0 Å². The molecular formula is C10H7ClN2O. The maximum absolute atomic E-state index is 10.8. The van der Waals surface area contributed by atoms with Crippen LogP contribution in [-0.4, -0.2) is 14.8 Å². The van der Waals surface area contributed by atoms with E-state index < -0.39 is 5.24 Å². The zero-order chi connectivity index (χ0) is 9.97. The lowest BCUT2D eigenvalue weighted by molar-refractivity contribution is 0.108. The lowest BCUT2D eigenvalue weighted by Crippen LogP contribution is -1.96. The Balaban J connectivity index is 2.36. The summed E-state index contributed by atoms with van der Waals surface area (Å²) in [5.41, 5.74) is 0.405. The van der Waals surface area contributed by atoms with Crippen LogP contribution in [0.3, 0.4) is 0 Å². The first kappa shape index (κ1) is 8.97. The second-order valence-electron chi connectivity index (χ2n) is 2.77. The molecule has 0 amide bonds. The Morgan fingerprint density at radius 1 is 1.29 bits per heavy atom. The van der Waals surface area contributed by atoms with Crippen molar-refractivity contribution in [1.29, 1.82) is 0 Å². The Morgan fingerprint density at radius 2 is 2.00 bits per heavy atom. The van der Waals surface area contributed by atoms with Crippen molar-refractivity contribution in [3.8, 4) is 5.82 Å². The molecule has 0 aliphatic carbocycles. The van der Waals surface area contributed by atoms with Crippen LogP contribution < -0.4 is 0 Å². The maximum Gasteiger partial charge on any atom is 0.253 e. The average molecular weight is 207 g/mol. The molecule has 4 heteroatoms. The third-order valence-electron chi connectivity index (χ3n) is 1.84. The highest BCUT2D eigenvalue weighted by Crippen LogP contribution is 2.07. The Labute approximate surface area is 86.0 Å². The number of hydrogen-bond acceptors (Lipinski definition) is 2. The van der Waals surface area contributed by atoms with Crippen molar-refractivity contribution in [3.63, 3.8) is 0 Å². The van der Waals surface area contributed by atoms with Gasteiger partial charge in [0.05, 0.1) is 5.56 Å². The van der Waals surface area contributed by atoms with E-state index in [2.05, 4.69) is 4.98 Å². The number of hydrogen-bond donors (Lipinski definition) is 0. The fourth-order valence-corrected chi connectivity index (χ4v) is 1.25. The maximum atomic E-state index is 10.8. The van der Waals surface area contributed by atoms with Gasteiger partial charge < -0.3 is 4.57 Å². The van der Waals surface area contributed by atoms with Crippen molar-refractivity contribution in [3.05, 3.63) is 48.4 Å². The highest BCUT2D eigenvalue weighted by atomic mass is 35.5. The van der Waals surface area contributed by atoms with Crippen LogP contribution in [0.2, 0.25) is 0 Å². The van der Waals surface area contributed by atoms with Crippen LogP contribution in [0.5, 0.6) is 0 Å². The van der Waals surface area contributed by atoms with E-state index in [4.69, 9.17) is 11.6 Å². The molecule has 0 atom stereocenters. The molecule has 0 radical (unpaired) electrons. The SMILES string of the molecule is O=C(Cl)c1ccc(-n2cccc2)nc1. The Morgan fingerprint density at radius 3 is 2.50 bits per heavy atom. The molecule has 70 valence electrons. The first-order chi connectivity index (χ1) is 6.77. The van der Waals surface area contributed by atoms with E-state index in [1.54, 1.807) is 12.1 Å². The smallest absolute Gasteiger partial charge is 0.253 e. The van der Waals surface area contributed by atoms with Gasteiger partial charge in [-0.3, -0.25) is 4.79 Å².